The molecule has 3 aromatic rings. The van der Waals surface area contributed by atoms with Crippen LogP contribution in [0, 0.1) is 12.8 Å². The van der Waals surface area contributed by atoms with E-state index in [1.807, 2.05) is 31.4 Å². The van der Waals surface area contributed by atoms with Crippen LogP contribution < -0.4 is 5.32 Å². The SMILES string of the molecule is CC.Cc1c(CCCCC2COC2)sc2c(NCc3cccs3)cnnc12. The van der Waals surface area contributed by atoms with Crippen LogP contribution in [0.2, 0.25) is 0 Å². The number of ether oxygens (including phenoxy) is 1. The zero-order valence-electron chi connectivity index (χ0n) is 16.5. The summed E-state index contributed by atoms with van der Waals surface area (Å²) in [6.07, 6.45) is 6.83. The summed E-state index contributed by atoms with van der Waals surface area (Å²) in [5.41, 5.74) is 3.46. The lowest BCUT2D eigenvalue weighted by molar-refractivity contribution is -0.0363. The van der Waals surface area contributed by atoms with E-state index in [0.29, 0.717) is 0 Å². The molecule has 1 saturated heterocycles. The van der Waals surface area contributed by atoms with Crippen LogP contribution >= 0.6 is 22.7 Å². The Morgan fingerprint density at radius 2 is 2.11 bits per heavy atom. The molecule has 0 aromatic carbocycles. The van der Waals surface area contributed by atoms with E-state index in [1.165, 1.54) is 39.3 Å². The Kier molecular flexibility index (Phi) is 7.61. The second-order valence-corrected chi connectivity index (χ2v) is 8.81. The minimum Gasteiger partial charge on any atom is -0.381 e. The Morgan fingerprint density at radius 3 is 2.81 bits per heavy atom. The summed E-state index contributed by atoms with van der Waals surface area (Å²) < 4.78 is 6.49. The van der Waals surface area contributed by atoms with Crippen molar-refractivity contribution in [2.45, 2.75) is 53.0 Å². The van der Waals surface area contributed by atoms with Gasteiger partial charge in [0.15, 0.2) is 0 Å². The molecule has 4 heterocycles. The Bertz CT molecular complexity index is 825. The maximum Gasteiger partial charge on any atom is 0.109 e. The van der Waals surface area contributed by atoms with Crippen LogP contribution in [0.1, 0.15) is 48.4 Å². The Hall–Kier alpha value is -1.50. The zero-order valence-corrected chi connectivity index (χ0v) is 18.1. The average Bonchev–Trinajstić information content (AvgIpc) is 3.29. The number of nitrogens with one attached hydrogen (secondary N) is 1. The van der Waals surface area contributed by atoms with Gasteiger partial charge in [-0.2, -0.15) is 5.10 Å². The van der Waals surface area contributed by atoms with E-state index < -0.39 is 0 Å². The van der Waals surface area contributed by atoms with E-state index in [4.69, 9.17) is 4.74 Å². The molecule has 0 aliphatic carbocycles. The van der Waals surface area contributed by atoms with Crippen LogP contribution in [0.15, 0.2) is 23.7 Å². The second-order valence-electron chi connectivity index (χ2n) is 6.67. The molecule has 0 amide bonds. The lowest BCUT2D eigenvalue weighted by atomic mass is 9.99. The van der Waals surface area contributed by atoms with Gasteiger partial charge in [-0.3, -0.25) is 0 Å². The van der Waals surface area contributed by atoms with Gasteiger partial charge in [-0.1, -0.05) is 26.3 Å². The van der Waals surface area contributed by atoms with Crippen molar-refractivity contribution in [1.82, 2.24) is 10.2 Å². The molecular weight excluding hydrogens is 374 g/mol. The van der Waals surface area contributed by atoms with Crippen molar-refractivity contribution in [3.8, 4) is 0 Å². The van der Waals surface area contributed by atoms with E-state index in [-0.39, 0.29) is 0 Å². The number of hydrogen-bond acceptors (Lipinski definition) is 6. The summed E-state index contributed by atoms with van der Waals surface area (Å²) in [6.45, 7) is 8.97. The molecule has 0 radical (unpaired) electrons. The number of aryl methyl sites for hydroxylation is 2. The molecule has 0 atom stereocenters. The van der Waals surface area contributed by atoms with Crippen molar-refractivity contribution in [2.75, 3.05) is 18.5 Å². The van der Waals surface area contributed by atoms with E-state index in [9.17, 15) is 0 Å². The lowest BCUT2D eigenvalue weighted by Crippen LogP contribution is -2.27. The van der Waals surface area contributed by atoms with Gasteiger partial charge in [-0.25, -0.2) is 0 Å². The summed E-state index contributed by atoms with van der Waals surface area (Å²) in [5, 5.41) is 14.2. The number of anilines is 1. The molecule has 146 valence electrons. The molecule has 1 fully saturated rings. The summed E-state index contributed by atoms with van der Waals surface area (Å²) in [4.78, 5) is 2.79. The van der Waals surface area contributed by atoms with Crippen molar-refractivity contribution in [1.29, 1.82) is 0 Å². The molecule has 6 heteroatoms. The third-order valence-corrected chi connectivity index (χ3v) is 7.06. The monoisotopic (exact) mass is 403 g/mol. The molecule has 0 saturated carbocycles. The van der Waals surface area contributed by atoms with Gasteiger partial charge in [0, 0.05) is 22.2 Å². The predicted octanol–water partition coefficient (Wildman–Crippen LogP) is 6.06. The van der Waals surface area contributed by atoms with Gasteiger partial charge in [0.25, 0.3) is 0 Å². The molecule has 4 nitrogen and oxygen atoms in total. The summed E-state index contributed by atoms with van der Waals surface area (Å²) in [6, 6.07) is 4.24. The maximum atomic E-state index is 5.25. The summed E-state index contributed by atoms with van der Waals surface area (Å²) in [5.74, 6) is 0.808. The van der Waals surface area contributed by atoms with Crippen molar-refractivity contribution in [3.63, 3.8) is 0 Å². The molecule has 1 aliphatic heterocycles. The minimum atomic E-state index is 0.808. The number of fused-ring (bicyclic) bond motifs is 1. The van der Waals surface area contributed by atoms with Crippen LogP contribution in [-0.4, -0.2) is 23.4 Å². The lowest BCUT2D eigenvalue weighted by Gasteiger charge is -2.25. The van der Waals surface area contributed by atoms with Gasteiger partial charge in [0.2, 0.25) is 0 Å². The Labute approximate surface area is 170 Å². The number of thiophene rings is 2. The third-order valence-electron chi connectivity index (χ3n) is 4.81. The number of nitrogens with zero attached hydrogens (tertiary/aromatic N) is 2. The molecule has 27 heavy (non-hydrogen) atoms. The molecule has 0 bridgehead atoms. The van der Waals surface area contributed by atoms with Crippen LogP contribution in [0.25, 0.3) is 10.2 Å². The number of hydrogen-bond donors (Lipinski definition) is 1. The van der Waals surface area contributed by atoms with Crippen LogP contribution in [0.3, 0.4) is 0 Å². The second kappa shape index (κ2) is 10.2. The standard InChI is InChI=1S/C19H23N3OS2.C2H6/c1-13-17(7-3-2-5-14-11-23-12-14)25-19-16(10-21-22-18(13)19)20-9-15-6-4-8-24-15;1-2/h4,6,8,10,14H,2-3,5,7,9,11-12H2,1H3,(H,20,22);1-2H3. The fourth-order valence-corrected chi connectivity index (χ4v) is 5.10. The highest BCUT2D eigenvalue weighted by molar-refractivity contribution is 7.19. The van der Waals surface area contributed by atoms with Gasteiger partial charge in [-0.15, -0.1) is 27.8 Å². The van der Waals surface area contributed by atoms with Crippen LogP contribution in [0.5, 0.6) is 0 Å². The summed E-state index contributed by atoms with van der Waals surface area (Å²) >= 11 is 3.65. The van der Waals surface area contributed by atoms with E-state index in [2.05, 4.69) is 40.0 Å². The van der Waals surface area contributed by atoms with Gasteiger partial charge in [0.05, 0.1) is 29.8 Å². The van der Waals surface area contributed by atoms with Gasteiger partial charge in [-0.05, 0) is 43.2 Å². The van der Waals surface area contributed by atoms with Gasteiger partial charge in [0.1, 0.15) is 5.52 Å². The maximum absolute atomic E-state index is 5.25. The quantitative estimate of drug-likeness (QED) is 0.464. The molecule has 0 unspecified atom stereocenters. The van der Waals surface area contributed by atoms with Crippen molar-refractivity contribution in [3.05, 3.63) is 39.0 Å². The fourth-order valence-electron chi connectivity index (χ4n) is 3.19. The molecule has 1 aliphatic rings. The minimum absolute atomic E-state index is 0.808. The van der Waals surface area contributed by atoms with Gasteiger partial charge >= 0.3 is 0 Å². The number of aromatic nitrogens is 2. The Morgan fingerprint density at radius 1 is 1.26 bits per heavy atom. The smallest absolute Gasteiger partial charge is 0.109 e. The largest absolute Gasteiger partial charge is 0.381 e. The molecule has 1 N–H and O–H groups in total. The first kappa shape index (κ1) is 20.2. The fraction of sp³-hybridized carbons (Fsp3) is 0.524. The summed E-state index contributed by atoms with van der Waals surface area (Å²) in [7, 11) is 0. The first-order valence-corrected chi connectivity index (χ1v) is 11.6. The highest BCUT2D eigenvalue weighted by Gasteiger charge is 2.18. The highest BCUT2D eigenvalue weighted by atomic mass is 32.1. The molecule has 0 spiro atoms. The van der Waals surface area contributed by atoms with E-state index in [1.54, 1.807) is 11.3 Å². The van der Waals surface area contributed by atoms with E-state index in [0.717, 1.165) is 43.3 Å². The van der Waals surface area contributed by atoms with Crippen LogP contribution in [-0.2, 0) is 17.7 Å². The first-order valence-electron chi connectivity index (χ1n) is 9.89. The van der Waals surface area contributed by atoms with Crippen LogP contribution in [0.4, 0.5) is 5.69 Å². The normalized spacial score (nSPS) is 13.9. The molecule has 4 rings (SSSR count). The third kappa shape index (κ3) is 5.06. The van der Waals surface area contributed by atoms with Crippen molar-refractivity contribution >= 4 is 38.6 Å². The number of unbranched alkanes of at least 4 members (excludes halogenated alkanes) is 1. The first-order chi connectivity index (χ1) is 13.3. The van der Waals surface area contributed by atoms with Crippen molar-refractivity contribution in [2.24, 2.45) is 5.92 Å². The van der Waals surface area contributed by atoms with Gasteiger partial charge < -0.3 is 10.1 Å². The van der Waals surface area contributed by atoms with E-state index >= 15 is 0 Å². The zero-order chi connectivity index (χ0) is 19.1. The highest BCUT2D eigenvalue weighted by Crippen LogP contribution is 2.35. The predicted molar refractivity (Wildman–Crippen MR) is 117 cm³/mol. The molecular formula is C21H29N3OS2. The number of rotatable bonds is 8. The average molecular weight is 404 g/mol. The topological polar surface area (TPSA) is 47.0 Å². The Balaban J connectivity index is 0.00000102. The van der Waals surface area contributed by atoms with Crippen molar-refractivity contribution < 1.29 is 4.74 Å². The molecule has 3 aromatic heterocycles.